The van der Waals surface area contributed by atoms with Gasteiger partial charge in [-0.05, 0) is 103 Å². The summed E-state index contributed by atoms with van der Waals surface area (Å²) >= 11 is 14.9. The lowest BCUT2D eigenvalue weighted by atomic mass is 10.0. The molecule has 4 rings (SSSR count). The fraction of sp³-hybridized carbons (Fsp3) is 0.235. The minimum atomic E-state index is -4.18. The quantitative estimate of drug-likeness (QED) is 0.162. The Kier molecular flexibility index (Phi) is 11.6. The molecule has 0 spiro atoms. The number of rotatable bonds is 11. The Labute approximate surface area is 288 Å². The predicted octanol–water partition coefficient (Wildman–Crippen LogP) is 7.35. The van der Waals surface area contributed by atoms with Crippen LogP contribution in [0, 0.1) is 3.57 Å². The number of anilines is 1. The van der Waals surface area contributed by atoms with E-state index in [4.69, 9.17) is 23.2 Å². The molecular weight excluding hydrogens is 744 g/mol. The van der Waals surface area contributed by atoms with Crippen molar-refractivity contribution in [1.29, 1.82) is 0 Å². The maximum absolute atomic E-state index is 14.5. The Morgan fingerprint density at radius 1 is 0.867 bits per heavy atom. The van der Waals surface area contributed by atoms with Gasteiger partial charge in [0, 0.05) is 32.1 Å². The highest BCUT2D eigenvalue weighted by Crippen LogP contribution is 2.28. The van der Waals surface area contributed by atoms with Gasteiger partial charge in [-0.1, -0.05) is 77.8 Å². The van der Waals surface area contributed by atoms with E-state index in [1.165, 1.54) is 17.0 Å². The Morgan fingerprint density at radius 2 is 1.47 bits per heavy atom. The second kappa shape index (κ2) is 15.0. The molecule has 236 valence electrons. The van der Waals surface area contributed by atoms with Crippen LogP contribution < -0.4 is 9.62 Å². The number of amides is 2. The molecule has 4 aromatic carbocycles. The van der Waals surface area contributed by atoms with E-state index < -0.39 is 34.1 Å². The second-order valence-electron chi connectivity index (χ2n) is 11.5. The third kappa shape index (κ3) is 9.45. The van der Waals surface area contributed by atoms with Gasteiger partial charge >= 0.3 is 0 Å². The van der Waals surface area contributed by atoms with Crippen molar-refractivity contribution in [3.05, 3.63) is 128 Å². The van der Waals surface area contributed by atoms with Crippen LogP contribution in [0.2, 0.25) is 10.0 Å². The summed E-state index contributed by atoms with van der Waals surface area (Å²) in [6.07, 6.45) is 0.189. The lowest BCUT2D eigenvalue weighted by Crippen LogP contribution is -2.56. The largest absolute Gasteiger partial charge is 0.350 e. The van der Waals surface area contributed by atoms with Gasteiger partial charge in [0.2, 0.25) is 11.8 Å². The SMILES string of the molecule is CC(C)(C)NC(=O)C(Cc1ccccc1)N(Cc1ccc(Cl)cc1Cl)C(=O)CN(c1ccc(I)cc1)S(=O)(=O)c1ccccc1. The van der Waals surface area contributed by atoms with E-state index in [0.717, 1.165) is 13.4 Å². The zero-order valence-corrected chi connectivity index (χ0v) is 29.6. The summed E-state index contributed by atoms with van der Waals surface area (Å²) in [5, 5.41) is 3.76. The van der Waals surface area contributed by atoms with Gasteiger partial charge in [0.15, 0.2) is 0 Å². The van der Waals surface area contributed by atoms with E-state index in [1.54, 1.807) is 60.7 Å². The van der Waals surface area contributed by atoms with Crippen LogP contribution >= 0.6 is 45.8 Å². The van der Waals surface area contributed by atoms with Crippen LogP contribution in [-0.2, 0) is 32.6 Å². The van der Waals surface area contributed by atoms with Crippen molar-refractivity contribution in [1.82, 2.24) is 10.2 Å². The van der Waals surface area contributed by atoms with E-state index in [-0.39, 0.29) is 23.8 Å². The number of benzene rings is 4. The van der Waals surface area contributed by atoms with Gasteiger partial charge < -0.3 is 10.2 Å². The molecule has 1 N–H and O–H groups in total. The van der Waals surface area contributed by atoms with Crippen LogP contribution in [0.25, 0.3) is 0 Å². The molecule has 0 heterocycles. The van der Waals surface area contributed by atoms with Gasteiger partial charge in [-0.25, -0.2) is 8.42 Å². The van der Waals surface area contributed by atoms with Crippen molar-refractivity contribution in [2.45, 2.75) is 50.2 Å². The molecular formula is C34H34Cl2IN3O4S. The second-order valence-corrected chi connectivity index (χ2v) is 15.5. The van der Waals surface area contributed by atoms with E-state index >= 15 is 0 Å². The topological polar surface area (TPSA) is 86.8 Å². The summed E-state index contributed by atoms with van der Waals surface area (Å²) in [4.78, 5) is 29.9. The summed E-state index contributed by atoms with van der Waals surface area (Å²) < 4.78 is 30.1. The number of carbonyl (C=O) groups excluding carboxylic acids is 2. The van der Waals surface area contributed by atoms with Crippen molar-refractivity contribution in [2.24, 2.45) is 0 Å². The molecule has 45 heavy (non-hydrogen) atoms. The number of halogens is 3. The molecule has 0 aromatic heterocycles. The lowest BCUT2D eigenvalue weighted by molar-refractivity contribution is -0.140. The first-order chi connectivity index (χ1) is 21.2. The Hall–Kier alpha value is -3.12. The number of hydrogen-bond acceptors (Lipinski definition) is 4. The van der Waals surface area contributed by atoms with Crippen molar-refractivity contribution in [3.8, 4) is 0 Å². The molecule has 2 amide bonds. The summed E-state index contributed by atoms with van der Waals surface area (Å²) in [6.45, 7) is 4.96. The molecule has 0 radical (unpaired) electrons. The summed E-state index contributed by atoms with van der Waals surface area (Å²) in [7, 11) is -4.18. The van der Waals surface area contributed by atoms with Crippen LogP contribution in [-0.4, -0.2) is 43.3 Å². The highest BCUT2D eigenvalue weighted by atomic mass is 127. The van der Waals surface area contributed by atoms with Crippen molar-refractivity contribution < 1.29 is 18.0 Å². The summed E-state index contributed by atoms with van der Waals surface area (Å²) in [5.74, 6) is -0.958. The zero-order valence-electron chi connectivity index (χ0n) is 25.1. The minimum Gasteiger partial charge on any atom is -0.350 e. The number of carbonyl (C=O) groups is 2. The third-order valence-electron chi connectivity index (χ3n) is 6.85. The Bertz CT molecular complexity index is 1730. The van der Waals surface area contributed by atoms with Gasteiger partial charge in [0.25, 0.3) is 10.0 Å². The van der Waals surface area contributed by atoms with E-state index in [9.17, 15) is 18.0 Å². The molecule has 0 saturated heterocycles. The van der Waals surface area contributed by atoms with Gasteiger partial charge in [-0.2, -0.15) is 0 Å². The average molecular weight is 779 g/mol. The van der Waals surface area contributed by atoms with Crippen LogP contribution in [0.4, 0.5) is 5.69 Å². The molecule has 4 aromatic rings. The van der Waals surface area contributed by atoms with Gasteiger partial charge in [0.1, 0.15) is 12.6 Å². The van der Waals surface area contributed by atoms with E-state index in [0.29, 0.717) is 21.3 Å². The summed E-state index contributed by atoms with van der Waals surface area (Å²) in [6, 6.07) is 28.1. The van der Waals surface area contributed by atoms with Gasteiger partial charge in [-0.15, -0.1) is 0 Å². The normalized spacial score (nSPS) is 12.3. The van der Waals surface area contributed by atoms with Crippen LogP contribution in [0.5, 0.6) is 0 Å². The molecule has 11 heteroatoms. The number of nitrogens with one attached hydrogen (secondary N) is 1. The highest BCUT2D eigenvalue weighted by molar-refractivity contribution is 14.1. The van der Waals surface area contributed by atoms with Crippen LogP contribution in [0.3, 0.4) is 0 Å². The van der Waals surface area contributed by atoms with Gasteiger partial charge in [0.05, 0.1) is 10.6 Å². The van der Waals surface area contributed by atoms with Crippen molar-refractivity contribution >= 4 is 73.3 Å². The smallest absolute Gasteiger partial charge is 0.264 e. The predicted molar refractivity (Wildman–Crippen MR) is 189 cm³/mol. The number of sulfonamides is 1. The number of nitrogens with zero attached hydrogens (tertiary/aromatic N) is 2. The maximum Gasteiger partial charge on any atom is 0.264 e. The molecule has 0 aliphatic rings. The van der Waals surface area contributed by atoms with Crippen molar-refractivity contribution in [3.63, 3.8) is 0 Å². The van der Waals surface area contributed by atoms with E-state index in [1.807, 2.05) is 51.1 Å². The molecule has 7 nitrogen and oxygen atoms in total. The van der Waals surface area contributed by atoms with Gasteiger partial charge in [-0.3, -0.25) is 13.9 Å². The molecule has 0 fully saturated rings. The first-order valence-electron chi connectivity index (χ1n) is 14.2. The van der Waals surface area contributed by atoms with Crippen LogP contribution in [0.15, 0.2) is 108 Å². The Balaban J connectivity index is 1.83. The first-order valence-corrected chi connectivity index (χ1v) is 17.4. The number of hydrogen-bond donors (Lipinski definition) is 1. The third-order valence-corrected chi connectivity index (χ3v) is 9.94. The fourth-order valence-corrected chi connectivity index (χ4v) is 6.96. The monoisotopic (exact) mass is 777 g/mol. The molecule has 0 aliphatic carbocycles. The lowest BCUT2D eigenvalue weighted by Gasteiger charge is -2.35. The van der Waals surface area contributed by atoms with Crippen molar-refractivity contribution in [2.75, 3.05) is 10.8 Å². The molecule has 1 unspecified atom stereocenters. The van der Waals surface area contributed by atoms with Crippen LogP contribution in [0.1, 0.15) is 31.9 Å². The summed E-state index contributed by atoms with van der Waals surface area (Å²) in [5.41, 5.74) is 1.11. The fourth-order valence-electron chi connectivity index (χ4n) is 4.70. The molecule has 0 saturated carbocycles. The first kappa shape index (κ1) is 34.7. The molecule has 1 atom stereocenters. The molecule has 0 bridgehead atoms. The molecule has 0 aliphatic heterocycles. The zero-order chi connectivity index (χ0) is 32.8. The standard InChI is InChI=1S/C34H34Cl2IN3O4S/c1-34(2,3)38-33(42)31(20-24-10-6-4-7-11-24)39(22-25-14-15-26(35)21-30(25)36)32(41)23-40(28-18-16-27(37)17-19-28)45(43,44)29-12-8-5-9-13-29/h4-19,21,31H,20,22-23H2,1-3H3,(H,38,42). The highest BCUT2D eigenvalue weighted by Gasteiger charge is 2.35. The Morgan fingerprint density at radius 3 is 2.04 bits per heavy atom. The maximum atomic E-state index is 14.5. The minimum absolute atomic E-state index is 0.0370. The average Bonchev–Trinajstić information content (AvgIpc) is 2.99. The van der Waals surface area contributed by atoms with E-state index in [2.05, 4.69) is 27.9 Å².